The molecule has 1 aromatic heterocycles. The van der Waals surface area contributed by atoms with Gasteiger partial charge in [-0.3, -0.25) is 4.79 Å². The molecular weight excluding hydrogens is 232 g/mol. The Hall–Kier alpha value is -1.07. The lowest BCUT2D eigenvalue weighted by Crippen LogP contribution is -1.95. The first kappa shape index (κ1) is 12.0. The lowest BCUT2D eigenvalue weighted by Gasteiger charge is -1.92. The first-order valence-corrected chi connectivity index (χ1v) is 6.13. The zero-order valence-electron chi connectivity index (χ0n) is 8.10. The Morgan fingerprint density at radius 2 is 2.27 bits per heavy atom. The van der Waals surface area contributed by atoms with E-state index in [1.165, 1.54) is 30.0 Å². The Morgan fingerprint density at radius 1 is 1.53 bits per heavy atom. The number of carbonyl (C=O) groups is 2. The van der Waals surface area contributed by atoms with Crippen LogP contribution in [-0.2, 0) is 4.79 Å². The highest BCUT2D eigenvalue weighted by Crippen LogP contribution is 2.17. The Morgan fingerprint density at radius 3 is 2.87 bits per heavy atom. The molecule has 3 nitrogen and oxygen atoms in total. The SMILES string of the molecule is CC(=O)SCC=Cc1cscc1C(=O)O. The van der Waals surface area contributed by atoms with Crippen LogP contribution >= 0.6 is 23.1 Å². The molecule has 1 rings (SSSR count). The molecule has 1 aromatic rings. The van der Waals surface area contributed by atoms with E-state index in [4.69, 9.17) is 5.11 Å². The Labute approximate surface area is 95.8 Å². The minimum Gasteiger partial charge on any atom is -0.478 e. The number of thiophene rings is 1. The highest BCUT2D eigenvalue weighted by molar-refractivity contribution is 8.13. The van der Waals surface area contributed by atoms with Crippen LogP contribution in [0.25, 0.3) is 6.08 Å². The first-order valence-electron chi connectivity index (χ1n) is 4.20. The second-order valence-corrected chi connectivity index (χ2v) is 4.69. The standard InChI is InChI=1S/C10H10O3S2/c1-7(11)15-4-2-3-8-5-14-6-9(8)10(12)13/h2-3,5-6H,4H2,1H3,(H,12,13). The van der Waals surface area contributed by atoms with Crippen LogP contribution in [0.5, 0.6) is 0 Å². The van der Waals surface area contributed by atoms with E-state index in [1.54, 1.807) is 22.9 Å². The van der Waals surface area contributed by atoms with Crippen molar-refractivity contribution in [2.24, 2.45) is 0 Å². The van der Waals surface area contributed by atoms with E-state index in [9.17, 15) is 9.59 Å². The van der Waals surface area contributed by atoms with E-state index < -0.39 is 5.97 Å². The largest absolute Gasteiger partial charge is 0.478 e. The predicted octanol–water partition coefficient (Wildman–Crippen LogP) is 2.74. The third kappa shape index (κ3) is 3.89. The molecule has 0 saturated carbocycles. The topological polar surface area (TPSA) is 54.4 Å². The van der Waals surface area contributed by atoms with Crippen molar-refractivity contribution in [3.8, 4) is 0 Å². The predicted molar refractivity (Wildman–Crippen MR) is 63.5 cm³/mol. The van der Waals surface area contributed by atoms with Gasteiger partial charge in [-0.25, -0.2) is 4.79 Å². The summed E-state index contributed by atoms with van der Waals surface area (Å²) in [5.74, 6) is -0.348. The molecule has 0 aromatic carbocycles. The maximum atomic E-state index is 10.7. The third-order valence-electron chi connectivity index (χ3n) is 1.60. The quantitative estimate of drug-likeness (QED) is 0.882. The van der Waals surface area contributed by atoms with Crippen molar-refractivity contribution in [2.45, 2.75) is 6.92 Å². The molecular formula is C10H10O3S2. The van der Waals surface area contributed by atoms with Crippen LogP contribution in [0.2, 0.25) is 0 Å². The highest BCUT2D eigenvalue weighted by Gasteiger charge is 2.07. The van der Waals surface area contributed by atoms with Crippen molar-refractivity contribution >= 4 is 40.3 Å². The molecule has 0 aliphatic rings. The van der Waals surface area contributed by atoms with Crippen molar-refractivity contribution < 1.29 is 14.7 Å². The lowest BCUT2D eigenvalue weighted by atomic mass is 10.2. The molecule has 0 saturated heterocycles. The smallest absolute Gasteiger partial charge is 0.337 e. The molecule has 15 heavy (non-hydrogen) atoms. The van der Waals surface area contributed by atoms with Gasteiger partial charge >= 0.3 is 5.97 Å². The summed E-state index contributed by atoms with van der Waals surface area (Å²) in [7, 11) is 0. The van der Waals surface area contributed by atoms with Crippen LogP contribution in [0.3, 0.4) is 0 Å². The fraction of sp³-hybridized carbons (Fsp3) is 0.200. The number of rotatable bonds is 4. The van der Waals surface area contributed by atoms with Gasteiger partial charge in [-0.2, -0.15) is 11.3 Å². The number of thioether (sulfide) groups is 1. The third-order valence-corrected chi connectivity index (χ3v) is 3.13. The molecule has 0 atom stereocenters. The molecule has 0 bridgehead atoms. The molecule has 0 fully saturated rings. The van der Waals surface area contributed by atoms with Gasteiger partial charge in [0.05, 0.1) is 5.56 Å². The van der Waals surface area contributed by atoms with Gasteiger partial charge in [-0.15, -0.1) is 0 Å². The summed E-state index contributed by atoms with van der Waals surface area (Å²) in [4.78, 5) is 21.4. The van der Waals surface area contributed by atoms with Crippen LogP contribution in [0, 0.1) is 0 Å². The zero-order chi connectivity index (χ0) is 11.3. The summed E-state index contributed by atoms with van der Waals surface area (Å²) in [6, 6.07) is 0. The van der Waals surface area contributed by atoms with E-state index in [1.807, 2.05) is 0 Å². The number of aromatic carboxylic acids is 1. The van der Waals surface area contributed by atoms with E-state index >= 15 is 0 Å². The molecule has 5 heteroatoms. The van der Waals surface area contributed by atoms with Crippen LogP contribution in [0.15, 0.2) is 16.8 Å². The zero-order valence-corrected chi connectivity index (χ0v) is 9.73. The molecule has 1 heterocycles. The van der Waals surface area contributed by atoms with Crippen LogP contribution in [-0.4, -0.2) is 21.9 Å². The van der Waals surface area contributed by atoms with Gasteiger partial charge < -0.3 is 5.11 Å². The highest BCUT2D eigenvalue weighted by atomic mass is 32.2. The summed E-state index contributed by atoms with van der Waals surface area (Å²) >= 11 is 2.55. The fourth-order valence-corrected chi connectivity index (χ4v) is 2.17. The monoisotopic (exact) mass is 242 g/mol. The lowest BCUT2D eigenvalue weighted by molar-refractivity contribution is -0.109. The van der Waals surface area contributed by atoms with Gasteiger partial charge in [0.15, 0.2) is 5.12 Å². The Bertz CT molecular complexity index is 393. The molecule has 0 radical (unpaired) electrons. The maximum absolute atomic E-state index is 10.7. The fourth-order valence-electron chi connectivity index (χ4n) is 0.950. The normalized spacial score (nSPS) is 10.7. The van der Waals surface area contributed by atoms with E-state index in [0.717, 1.165) is 0 Å². The van der Waals surface area contributed by atoms with Crippen LogP contribution in [0.4, 0.5) is 0 Å². The van der Waals surface area contributed by atoms with Crippen molar-refractivity contribution in [2.75, 3.05) is 5.75 Å². The van der Waals surface area contributed by atoms with E-state index in [-0.39, 0.29) is 5.12 Å². The van der Waals surface area contributed by atoms with Gasteiger partial charge in [0.1, 0.15) is 0 Å². The summed E-state index contributed by atoms with van der Waals surface area (Å²) in [6.45, 7) is 1.51. The number of carbonyl (C=O) groups excluding carboxylic acids is 1. The Balaban J connectivity index is 2.60. The van der Waals surface area contributed by atoms with Crippen molar-refractivity contribution in [3.63, 3.8) is 0 Å². The Kier molecular flexibility index (Phi) is 4.58. The molecule has 0 spiro atoms. The minimum atomic E-state index is -0.921. The van der Waals surface area contributed by atoms with Gasteiger partial charge in [-0.05, 0) is 10.9 Å². The van der Waals surface area contributed by atoms with E-state index in [0.29, 0.717) is 16.9 Å². The first-order chi connectivity index (χ1) is 7.11. The number of carboxylic acid groups (broad SMARTS) is 1. The molecule has 0 aliphatic heterocycles. The van der Waals surface area contributed by atoms with Crippen molar-refractivity contribution in [3.05, 3.63) is 28.0 Å². The molecule has 0 amide bonds. The molecule has 1 N–H and O–H groups in total. The van der Waals surface area contributed by atoms with Gasteiger partial charge in [0.2, 0.25) is 0 Å². The molecule has 0 unspecified atom stereocenters. The number of carboxylic acids is 1. The maximum Gasteiger partial charge on any atom is 0.337 e. The average Bonchev–Trinajstić information content (AvgIpc) is 2.60. The summed E-state index contributed by atoms with van der Waals surface area (Å²) in [5.41, 5.74) is 1.00. The van der Waals surface area contributed by atoms with Gasteiger partial charge in [-0.1, -0.05) is 23.9 Å². The number of hydrogen-bond acceptors (Lipinski definition) is 4. The van der Waals surface area contributed by atoms with Crippen LogP contribution < -0.4 is 0 Å². The van der Waals surface area contributed by atoms with E-state index in [2.05, 4.69) is 0 Å². The van der Waals surface area contributed by atoms with Crippen molar-refractivity contribution in [1.29, 1.82) is 0 Å². The minimum absolute atomic E-state index is 0.0587. The molecule has 80 valence electrons. The summed E-state index contributed by atoms with van der Waals surface area (Å²) < 4.78 is 0. The average molecular weight is 242 g/mol. The summed E-state index contributed by atoms with van der Waals surface area (Å²) in [6.07, 6.45) is 3.52. The van der Waals surface area contributed by atoms with Gasteiger partial charge in [0.25, 0.3) is 0 Å². The van der Waals surface area contributed by atoms with Crippen LogP contribution in [0.1, 0.15) is 22.8 Å². The second-order valence-electron chi connectivity index (χ2n) is 2.75. The summed E-state index contributed by atoms with van der Waals surface area (Å²) in [5, 5.41) is 12.2. The number of hydrogen-bond donors (Lipinski definition) is 1. The molecule has 0 aliphatic carbocycles. The van der Waals surface area contributed by atoms with Gasteiger partial charge in [0, 0.05) is 18.1 Å². The second kappa shape index (κ2) is 5.72. The van der Waals surface area contributed by atoms with Crippen molar-refractivity contribution in [1.82, 2.24) is 0 Å².